The van der Waals surface area contributed by atoms with Crippen molar-refractivity contribution in [2.45, 2.75) is 20.4 Å². The van der Waals surface area contributed by atoms with Gasteiger partial charge < -0.3 is 11.1 Å². The number of nitrogen functional groups attached to an aromatic ring is 1. The summed E-state index contributed by atoms with van der Waals surface area (Å²) in [6.45, 7) is 3.45. The number of aromatic nitrogens is 2. The number of amides is 1. The van der Waals surface area contributed by atoms with Crippen LogP contribution in [0.4, 0.5) is 11.6 Å². The van der Waals surface area contributed by atoms with Gasteiger partial charge in [-0.2, -0.15) is 0 Å². The molecular formula is C14H16N4O2. The third kappa shape index (κ3) is 3.23. The molecule has 1 heterocycles. The Hall–Kier alpha value is -2.63. The van der Waals surface area contributed by atoms with Crippen LogP contribution < -0.4 is 16.6 Å². The molecule has 6 nitrogen and oxygen atoms in total. The fraction of sp³-hybridized carbons (Fsp3) is 0.214. The number of nitrogens with two attached hydrogens (primary N) is 1. The molecule has 0 aliphatic carbocycles. The Morgan fingerprint density at radius 1 is 1.35 bits per heavy atom. The zero-order valence-corrected chi connectivity index (χ0v) is 11.4. The van der Waals surface area contributed by atoms with E-state index >= 15 is 0 Å². The Labute approximate surface area is 116 Å². The lowest BCUT2D eigenvalue weighted by Gasteiger charge is -2.10. The zero-order chi connectivity index (χ0) is 14.7. The average Bonchev–Trinajstić information content (AvgIpc) is 2.33. The number of hydrogen-bond acceptors (Lipinski definition) is 4. The summed E-state index contributed by atoms with van der Waals surface area (Å²) >= 11 is 0. The van der Waals surface area contributed by atoms with Crippen LogP contribution in [0.25, 0.3) is 0 Å². The van der Waals surface area contributed by atoms with Gasteiger partial charge in [0.25, 0.3) is 5.56 Å². The number of benzene rings is 1. The van der Waals surface area contributed by atoms with Crippen LogP contribution in [0.3, 0.4) is 0 Å². The highest BCUT2D eigenvalue weighted by Crippen LogP contribution is 2.09. The molecule has 2 rings (SSSR count). The van der Waals surface area contributed by atoms with Gasteiger partial charge in [0.15, 0.2) is 0 Å². The minimum absolute atomic E-state index is 0.0365. The van der Waals surface area contributed by atoms with Crippen LogP contribution in [0, 0.1) is 13.8 Å². The molecule has 3 N–H and O–H groups in total. The third-order valence-corrected chi connectivity index (χ3v) is 2.77. The highest BCUT2D eigenvalue weighted by atomic mass is 16.2. The summed E-state index contributed by atoms with van der Waals surface area (Å²) in [5, 5.41) is 2.72. The first kappa shape index (κ1) is 13.8. The molecule has 0 unspecified atom stereocenters. The smallest absolute Gasteiger partial charge is 0.255 e. The van der Waals surface area contributed by atoms with Crippen molar-refractivity contribution in [2.24, 2.45) is 0 Å². The molecule has 0 saturated heterocycles. The van der Waals surface area contributed by atoms with Gasteiger partial charge in [-0.1, -0.05) is 12.1 Å². The third-order valence-electron chi connectivity index (χ3n) is 2.77. The van der Waals surface area contributed by atoms with Crippen LogP contribution >= 0.6 is 0 Å². The molecule has 0 bridgehead atoms. The number of hydrogen-bond donors (Lipinski definition) is 2. The molecule has 1 aromatic carbocycles. The molecule has 0 atom stereocenters. The Morgan fingerprint density at radius 3 is 2.75 bits per heavy atom. The predicted octanol–water partition coefficient (Wildman–Crippen LogP) is 1.08. The topological polar surface area (TPSA) is 90.0 Å². The molecule has 1 aromatic heterocycles. The van der Waals surface area contributed by atoms with Crippen molar-refractivity contribution in [3.8, 4) is 0 Å². The van der Waals surface area contributed by atoms with E-state index in [0.717, 1.165) is 10.1 Å². The van der Waals surface area contributed by atoms with Crippen LogP contribution in [0.5, 0.6) is 0 Å². The van der Waals surface area contributed by atoms with Gasteiger partial charge in [0, 0.05) is 17.4 Å². The molecule has 0 aliphatic heterocycles. The van der Waals surface area contributed by atoms with E-state index in [1.165, 1.54) is 6.07 Å². The number of rotatable bonds is 3. The van der Waals surface area contributed by atoms with Crippen molar-refractivity contribution >= 4 is 17.5 Å². The lowest BCUT2D eigenvalue weighted by molar-refractivity contribution is -0.116. The summed E-state index contributed by atoms with van der Waals surface area (Å²) in [6, 6.07) is 8.75. The zero-order valence-electron chi connectivity index (χ0n) is 11.4. The summed E-state index contributed by atoms with van der Waals surface area (Å²) < 4.78 is 1.14. The van der Waals surface area contributed by atoms with Crippen molar-refractivity contribution in [1.29, 1.82) is 0 Å². The van der Waals surface area contributed by atoms with Gasteiger partial charge >= 0.3 is 0 Å². The second-order valence-electron chi connectivity index (χ2n) is 4.60. The first-order valence-electron chi connectivity index (χ1n) is 6.16. The van der Waals surface area contributed by atoms with Crippen LogP contribution in [0.1, 0.15) is 11.3 Å². The van der Waals surface area contributed by atoms with E-state index in [1.54, 1.807) is 13.0 Å². The van der Waals surface area contributed by atoms with E-state index in [2.05, 4.69) is 10.3 Å². The number of carbonyl (C=O) groups is 1. The van der Waals surface area contributed by atoms with Gasteiger partial charge in [-0.3, -0.25) is 14.2 Å². The summed E-state index contributed by atoms with van der Waals surface area (Å²) in [7, 11) is 0. The Kier molecular flexibility index (Phi) is 3.84. The number of nitrogens with one attached hydrogen (secondary N) is 1. The molecule has 104 valence electrons. The van der Waals surface area contributed by atoms with E-state index in [9.17, 15) is 9.59 Å². The van der Waals surface area contributed by atoms with Gasteiger partial charge in [0.1, 0.15) is 6.54 Å². The van der Waals surface area contributed by atoms with E-state index in [4.69, 9.17) is 5.73 Å². The number of nitrogens with zero attached hydrogens (tertiary/aromatic N) is 2. The number of carbonyl (C=O) groups excluding carboxylic acids is 1. The molecule has 0 aliphatic rings. The fourth-order valence-corrected chi connectivity index (χ4v) is 1.87. The summed E-state index contributed by atoms with van der Waals surface area (Å²) in [4.78, 5) is 27.7. The molecule has 1 amide bonds. The second-order valence-corrected chi connectivity index (χ2v) is 4.60. The van der Waals surface area contributed by atoms with Gasteiger partial charge in [0.2, 0.25) is 11.9 Å². The van der Waals surface area contributed by atoms with Crippen molar-refractivity contribution in [2.75, 3.05) is 11.1 Å². The molecule has 6 heteroatoms. The summed E-state index contributed by atoms with van der Waals surface area (Å²) in [5.74, 6) is -0.288. The quantitative estimate of drug-likeness (QED) is 0.874. The Morgan fingerprint density at radius 2 is 2.10 bits per heavy atom. The van der Waals surface area contributed by atoms with Crippen molar-refractivity contribution in [3.05, 3.63) is 51.9 Å². The maximum Gasteiger partial charge on any atom is 0.255 e. The molecule has 2 aromatic rings. The molecule has 20 heavy (non-hydrogen) atoms. The maximum absolute atomic E-state index is 11.9. The van der Waals surface area contributed by atoms with Crippen LogP contribution in [-0.4, -0.2) is 15.5 Å². The van der Waals surface area contributed by atoms with Crippen molar-refractivity contribution in [1.82, 2.24) is 9.55 Å². The largest absolute Gasteiger partial charge is 0.369 e. The standard InChI is InChI=1S/C14H16N4O2/c1-9-4-3-5-11(6-9)17-12(19)8-18-13(20)7-10(2)16-14(18)15/h3-7H,8H2,1-2H3,(H2,15,16)(H,17,19). The molecule has 0 saturated carbocycles. The van der Waals surface area contributed by atoms with E-state index in [1.807, 2.05) is 25.1 Å². The van der Waals surface area contributed by atoms with Gasteiger partial charge in [0.05, 0.1) is 0 Å². The monoisotopic (exact) mass is 272 g/mol. The fourth-order valence-electron chi connectivity index (χ4n) is 1.87. The van der Waals surface area contributed by atoms with E-state index < -0.39 is 0 Å². The Balaban J connectivity index is 2.15. The van der Waals surface area contributed by atoms with Crippen molar-refractivity contribution < 1.29 is 4.79 Å². The second kappa shape index (κ2) is 5.56. The predicted molar refractivity (Wildman–Crippen MR) is 77.5 cm³/mol. The normalized spacial score (nSPS) is 10.3. The molecule has 0 radical (unpaired) electrons. The number of aryl methyl sites for hydroxylation is 2. The molecular weight excluding hydrogens is 256 g/mol. The first-order valence-corrected chi connectivity index (χ1v) is 6.16. The number of anilines is 2. The van der Waals surface area contributed by atoms with Crippen molar-refractivity contribution in [3.63, 3.8) is 0 Å². The lowest BCUT2D eigenvalue weighted by Crippen LogP contribution is -2.30. The SMILES string of the molecule is Cc1cccc(NC(=O)Cn2c(N)nc(C)cc2=O)c1. The minimum atomic E-state index is -0.339. The van der Waals surface area contributed by atoms with Crippen LogP contribution in [0.15, 0.2) is 35.1 Å². The highest BCUT2D eigenvalue weighted by Gasteiger charge is 2.09. The van der Waals surface area contributed by atoms with Crippen LogP contribution in [-0.2, 0) is 11.3 Å². The van der Waals surface area contributed by atoms with Gasteiger partial charge in [-0.05, 0) is 31.5 Å². The molecule has 0 spiro atoms. The minimum Gasteiger partial charge on any atom is -0.369 e. The summed E-state index contributed by atoms with van der Waals surface area (Å²) in [5.41, 5.74) is 7.57. The summed E-state index contributed by atoms with van der Waals surface area (Å²) in [6.07, 6.45) is 0. The van der Waals surface area contributed by atoms with Gasteiger partial charge in [-0.25, -0.2) is 4.98 Å². The maximum atomic E-state index is 11.9. The first-order chi connectivity index (χ1) is 9.45. The highest BCUT2D eigenvalue weighted by molar-refractivity contribution is 5.90. The van der Waals surface area contributed by atoms with E-state index in [0.29, 0.717) is 11.4 Å². The van der Waals surface area contributed by atoms with Crippen LogP contribution in [0.2, 0.25) is 0 Å². The van der Waals surface area contributed by atoms with E-state index in [-0.39, 0.29) is 24.0 Å². The average molecular weight is 272 g/mol. The lowest BCUT2D eigenvalue weighted by atomic mass is 10.2. The Bertz CT molecular complexity index is 707. The molecule has 0 fully saturated rings. The van der Waals surface area contributed by atoms with Gasteiger partial charge in [-0.15, -0.1) is 0 Å².